The molecule has 0 aliphatic carbocycles. The summed E-state index contributed by atoms with van der Waals surface area (Å²) in [5.41, 5.74) is 8.59. The Morgan fingerprint density at radius 3 is 2.89 bits per heavy atom. The van der Waals surface area contributed by atoms with Gasteiger partial charge in [-0.3, -0.25) is 10.6 Å². The van der Waals surface area contributed by atoms with Gasteiger partial charge in [0.1, 0.15) is 0 Å². The monoisotopic (exact) mass is 147 g/mol. The summed E-state index contributed by atoms with van der Waals surface area (Å²) in [7, 11) is 0. The van der Waals surface area contributed by atoms with E-state index in [2.05, 4.69) is 22.4 Å². The Morgan fingerprint density at radius 2 is 2.44 bits per heavy atom. The number of nitrogens with one attached hydrogen (secondary N) is 2. The van der Waals surface area contributed by atoms with Crippen molar-refractivity contribution in [1.82, 2.24) is 11.0 Å². The first-order valence-corrected chi connectivity index (χ1v) is 2.27. The van der Waals surface area contributed by atoms with Crippen LogP contribution in [-0.4, -0.2) is 16.3 Å². The Hall–Kier alpha value is -1.01. The minimum absolute atomic E-state index is 0.102. The number of nitrogens with zero attached hydrogens (tertiary/aromatic N) is 2. The van der Waals surface area contributed by atoms with Gasteiger partial charge in [-0.2, -0.15) is 0 Å². The maximum absolute atomic E-state index is 7.93. The van der Waals surface area contributed by atoms with Crippen molar-refractivity contribution in [2.45, 2.75) is 0 Å². The molecule has 6 nitrogen and oxygen atoms in total. The zero-order valence-electron chi connectivity index (χ0n) is 4.33. The first-order valence-electron chi connectivity index (χ1n) is 1.86. The molecule has 0 aliphatic rings. The maximum atomic E-state index is 7.93. The lowest BCUT2D eigenvalue weighted by Gasteiger charge is -1.95. The molecule has 0 atom stereocenters. The molecule has 0 unspecified atom stereocenters. The first-order chi connectivity index (χ1) is 4.31. The second-order valence-electron chi connectivity index (χ2n) is 0.913. The van der Waals surface area contributed by atoms with Crippen LogP contribution < -0.4 is 16.7 Å². The molecule has 0 fully saturated rings. The molecule has 0 amide bonds. The van der Waals surface area contributed by atoms with Gasteiger partial charge in [0.25, 0.3) is 0 Å². The van der Waals surface area contributed by atoms with Crippen LogP contribution in [0.2, 0.25) is 0 Å². The third-order valence-corrected chi connectivity index (χ3v) is 0.464. The normalized spacial score (nSPS) is 10.1. The highest BCUT2D eigenvalue weighted by Gasteiger charge is 1.81. The summed E-state index contributed by atoms with van der Waals surface area (Å²) in [4.78, 5) is 0. The minimum Gasteiger partial charge on any atom is -0.367 e. The van der Waals surface area contributed by atoms with Crippen molar-refractivity contribution in [3.8, 4) is 0 Å². The molecule has 0 aromatic heterocycles. The van der Waals surface area contributed by atoms with Crippen LogP contribution in [0.15, 0.2) is 10.2 Å². The number of rotatable bonds is 2. The van der Waals surface area contributed by atoms with Crippen molar-refractivity contribution in [2.24, 2.45) is 15.9 Å². The second-order valence-corrected chi connectivity index (χ2v) is 1.10. The summed E-state index contributed by atoms with van der Waals surface area (Å²) in [6.45, 7) is 0. The number of nitrogens with two attached hydrogens (primary N) is 1. The summed E-state index contributed by atoms with van der Waals surface area (Å²) in [6, 6.07) is 0. The lowest BCUT2D eigenvalue weighted by molar-refractivity contribution is 0.144. The Bertz CT molecular complexity index is 149. The van der Waals surface area contributed by atoms with E-state index in [1.54, 1.807) is 5.59 Å². The highest BCUT2D eigenvalue weighted by atomic mass is 32.1. The smallest absolute Gasteiger partial charge is 0.230 e. The average Bonchev–Trinajstić information content (AvgIpc) is 1.85. The fourth-order valence-electron chi connectivity index (χ4n) is 0.157. The van der Waals surface area contributed by atoms with Crippen molar-refractivity contribution in [3.05, 3.63) is 0 Å². The molecule has 0 heterocycles. The molecule has 50 valence electrons. The standard InChI is InChI=1S/C2H5N5OS/c3-2(6-7-8)5-4-1-9/h7-8H,(H3,3,5,6). The molecule has 5 N–H and O–H groups in total. The summed E-state index contributed by atoms with van der Waals surface area (Å²) in [5.74, 6) is -0.102. The van der Waals surface area contributed by atoms with Crippen LogP contribution in [0, 0.1) is 0 Å². The highest BCUT2D eigenvalue weighted by molar-refractivity contribution is 7.78. The number of hydrazine groups is 1. The van der Waals surface area contributed by atoms with Gasteiger partial charge in [-0.1, -0.05) is 5.10 Å². The van der Waals surface area contributed by atoms with Gasteiger partial charge in [0.05, 0.1) is 5.16 Å². The molecule has 0 saturated heterocycles. The Balaban J connectivity index is 3.68. The summed E-state index contributed by atoms with van der Waals surface area (Å²) in [6.07, 6.45) is 0. The SMILES string of the molecule is NC(=NN=C=S)NNO. The lowest BCUT2D eigenvalue weighted by atomic mass is 11.1. The van der Waals surface area contributed by atoms with Crippen molar-refractivity contribution in [2.75, 3.05) is 0 Å². The van der Waals surface area contributed by atoms with Crippen LogP contribution in [0.5, 0.6) is 0 Å². The first kappa shape index (κ1) is 7.99. The Morgan fingerprint density at radius 1 is 1.78 bits per heavy atom. The van der Waals surface area contributed by atoms with E-state index in [9.17, 15) is 0 Å². The topological polar surface area (TPSA) is 95.0 Å². The van der Waals surface area contributed by atoms with Gasteiger partial charge in [0.2, 0.25) is 5.96 Å². The molecule has 0 bridgehead atoms. The molecule has 0 radical (unpaired) electrons. The van der Waals surface area contributed by atoms with Crippen molar-refractivity contribution in [3.63, 3.8) is 0 Å². The van der Waals surface area contributed by atoms with Crippen LogP contribution >= 0.6 is 12.2 Å². The number of hydrogen-bond donors (Lipinski definition) is 4. The van der Waals surface area contributed by atoms with Gasteiger partial charge in [0.15, 0.2) is 0 Å². The van der Waals surface area contributed by atoms with Crippen LogP contribution in [0.25, 0.3) is 0 Å². The molecule has 0 rings (SSSR count). The second kappa shape index (κ2) is 5.13. The largest absolute Gasteiger partial charge is 0.367 e. The van der Waals surface area contributed by atoms with Gasteiger partial charge in [-0.25, -0.2) is 0 Å². The van der Waals surface area contributed by atoms with Crippen LogP contribution in [0.3, 0.4) is 0 Å². The predicted molar refractivity (Wildman–Crippen MR) is 34.7 cm³/mol. The number of thiocarbonyl (C=S) groups is 1. The number of guanidine groups is 1. The lowest BCUT2D eigenvalue weighted by Crippen LogP contribution is -2.40. The minimum atomic E-state index is -0.102. The molecule has 0 spiro atoms. The molecule has 0 aliphatic heterocycles. The average molecular weight is 147 g/mol. The van der Waals surface area contributed by atoms with Crippen molar-refractivity contribution >= 4 is 23.3 Å². The summed E-state index contributed by atoms with van der Waals surface area (Å²) < 4.78 is 0. The van der Waals surface area contributed by atoms with E-state index in [0.717, 1.165) is 0 Å². The molecule has 0 aromatic carbocycles. The van der Waals surface area contributed by atoms with E-state index in [0.29, 0.717) is 0 Å². The van der Waals surface area contributed by atoms with Gasteiger partial charge in [0, 0.05) is 0 Å². The molecular weight excluding hydrogens is 142 g/mol. The molecule has 0 saturated carbocycles. The van der Waals surface area contributed by atoms with Crippen LogP contribution in [0.4, 0.5) is 0 Å². The number of hydrogen-bond acceptors (Lipinski definition) is 5. The summed E-state index contributed by atoms with van der Waals surface area (Å²) >= 11 is 4.16. The van der Waals surface area contributed by atoms with E-state index in [4.69, 9.17) is 10.9 Å². The Kier molecular flexibility index (Phi) is 4.56. The van der Waals surface area contributed by atoms with Crippen LogP contribution in [0.1, 0.15) is 0 Å². The van der Waals surface area contributed by atoms with E-state index >= 15 is 0 Å². The molecular formula is C2H5N5OS. The fourth-order valence-corrected chi connectivity index (χ4v) is 0.197. The van der Waals surface area contributed by atoms with Gasteiger partial charge in [-0.05, 0) is 12.2 Å². The van der Waals surface area contributed by atoms with E-state index in [1.807, 2.05) is 10.6 Å². The number of isothiocyanates is 1. The fraction of sp³-hybridized carbons (Fsp3) is 0. The zero-order chi connectivity index (χ0) is 7.11. The van der Waals surface area contributed by atoms with E-state index < -0.39 is 0 Å². The third-order valence-electron chi connectivity index (χ3n) is 0.383. The molecule has 7 heteroatoms. The van der Waals surface area contributed by atoms with Gasteiger partial charge in [-0.15, -0.1) is 10.7 Å². The van der Waals surface area contributed by atoms with Gasteiger partial charge < -0.3 is 5.73 Å². The quantitative estimate of drug-likeness (QED) is 0.170. The van der Waals surface area contributed by atoms with Crippen LogP contribution in [-0.2, 0) is 0 Å². The van der Waals surface area contributed by atoms with E-state index in [-0.39, 0.29) is 5.96 Å². The van der Waals surface area contributed by atoms with Crippen molar-refractivity contribution in [1.29, 1.82) is 0 Å². The highest BCUT2D eigenvalue weighted by Crippen LogP contribution is 1.63. The van der Waals surface area contributed by atoms with Gasteiger partial charge >= 0.3 is 0 Å². The van der Waals surface area contributed by atoms with E-state index in [1.165, 1.54) is 0 Å². The Labute approximate surface area is 56.4 Å². The third kappa shape index (κ3) is 4.85. The molecule has 0 aromatic rings. The zero-order valence-corrected chi connectivity index (χ0v) is 5.14. The van der Waals surface area contributed by atoms with Crippen molar-refractivity contribution < 1.29 is 5.21 Å². The predicted octanol–water partition coefficient (Wildman–Crippen LogP) is -1.20. The maximum Gasteiger partial charge on any atom is 0.230 e. The molecule has 9 heavy (non-hydrogen) atoms. The summed E-state index contributed by atoms with van der Waals surface area (Å²) in [5, 5.41) is 16.2.